The van der Waals surface area contributed by atoms with Gasteiger partial charge < -0.3 is 14.5 Å². The Morgan fingerprint density at radius 1 is 1.06 bits per heavy atom. The molecule has 31 heavy (non-hydrogen) atoms. The number of fused-ring (bicyclic) bond motifs is 7. The highest BCUT2D eigenvalue weighted by atomic mass is 35.5. The normalized spacial score (nSPS) is 20.2. The smallest absolute Gasteiger partial charge is 0.208 e. The minimum atomic E-state index is -3.64. The highest BCUT2D eigenvalue weighted by Gasteiger charge is 2.36. The second kappa shape index (κ2) is 6.86. The van der Waals surface area contributed by atoms with Gasteiger partial charge in [0.05, 0.1) is 15.3 Å². The maximum absolute atomic E-state index is 13.8. The van der Waals surface area contributed by atoms with Gasteiger partial charge in [-0.3, -0.25) is 0 Å². The van der Waals surface area contributed by atoms with Crippen LogP contribution in [0.2, 0.25) is 0 Å². The maximum Gasteiger partial charge on any atom is 0.208 e. The van der Waals surface area contributed by atoms with Crippen molar-refractivity contribution in [1.29, 1.82) is 0 Å². The predicted molar refractivity (Wildman–Crippen MR) is 126 cm³/mol. The van der Waals surface area contributed by atoms with Gasteiger partial charge in [-0.05, 0) is 49.1 Å². The molecule has 2 aliphatic rings. The first kappa shape index (κ1) is 20.6. The molecule has 1 fully saturated rings. The van der Waals surface area contributed by atoms with E-state index in [2.05, 4.69) is 16.9 Å². The van der Waals surface area contributed by atoms with Gasteiger partial charge in [-0.15, -0.1) is 12.4 Å². The summed E-state index contributed by atoms with van der Waals surface area (Å²) < 4.78 is 31.7. The molecule has 2 unspecified atom stereocenters. The number of halogens is 1. The average Bonchev–Trinajstić information content (AvgIpc) is 3.36. The Labute approximate surface area is 188 Å². The van der Waals surface area contributed by atoms with E-state index in [1.54, 1.807) is 6.20 Å². The van der Waals surface area contributed by atoms with Gasteiger partial charge in [-0.2, -0.15) is 0 Å². The summed E-state index contributed by atoms with van der Waals surface area (Å²) in [4.78, 5) is 0.764. The summed E-state index contributed by atoms with van der Waals surface area (Å²) in [7, 11) is 0.377. The third-order valence-electron chi connectivity index (χ3n) is 7.10. The van der Waals surface area contributed by atoms with Crippen molar-refractivity contribution in [1.82, 2.24) is 14.5 Å². The number of rotatable bonds is 2. The number of aryl methyl sites for hydroxylation is 3. The van der Waals surface area contributed by atoms with E-state index < -0.39 is 9.84 Å². The highest BCUT2D eigenvalue weighted by Crippen LogP contribution is 2.43. The van der Waals surface area contributed by atoms with Crippen LogP contribution in [0.5, 0.6) is 0 Å². The van der Waals surface area contributed by atoms with E-state index in [9.17, 15) is 8.42 Å². The lowest BCUT2D eigenvalue weighted by molar-refractivity contribution is 0.503. The third kappa shape index (κ3) is 2.75. The summed E-state index contributed by atoms with van der Waals surface area (Å²) >= 11 is 0. The van der Waals surface area contributed by atoms with Crippen molar-refractivity contribution < 1.29 is 8.42 Å². The van der Waals surface area contributed by atoms with Crippen molar-refractivity contribution in [2.75, 3.05) is 0 Å². The molecule has 0 radical (unpaired) electrons. The molecule has 2 bridgehead atoms. The second-order valence-corrected chi connectivity index (χ2v) is 10.8. The lowest BCUT2D eigenvalue weighted by atomic mass is 9.98. The Balaban J connectivity index is 0.00000204. The van der Waals surface area contributed by atoms with Crippen LogP contribution in [0.1, 0.15) is 35.7 Å². The molecular weight excluding hydrogens is 430 g/mol. The monoisotopic (exact) mass is 455 g/mol. The number of benzene rings is 2. The van der Waals surface area contributed by atoms with Gasteiger partial charge in [-0.1, -0.05) is 18.2 Å². The zero-order valence-corrected chi connectivity index (χ0v) is 19.5. The van der Waals surface area contributed by atoms with E-state index >= 15 is 0 Å². The zero-order valence-electron chi connectivity index (χ0n) is 17.8. The van der Waals surface area contributed by atoms with Crippen molar-refractivity contribution in [2.45, 2.75) is 48.1 Å². The van der Waals surface area contributed by atoms with Crippen LogP contribution >= 0.6 is 12.4 Å². The zero-order chi connectivity index (χ0) is 20.8. The minimum absolute atomic E-state index is 0. The summed E-state index contributed by atoms with van der Waals surface area (Å²) in [6.07, 6.45) is 5.06. The van der Waals surface area contributed by atoms with Gasteiger partial charge in [0.1, 0.15) is 0 Å². The van der Waals surface area contributed by atoms with Crippen molar-refractivity contribution in [2.24, 2.45) is 14.1 Å². The predicted octanol–water partition coefficient (Wildman–Crippen LogP) is 4.58. The topological polar surface area (TPSA) is 56.0 Å². The molecule has 4 heterocycles. The molecule has 4 aromatic rings. The Morgan fingerprint density at radius 3 is 2.65 bits per heavy atom. The fourth-order valence-electron chi connectivity index (χ4n) is 5.75. The van der Waals surface area contributed by atoms with Crippen LogP contribution in [-0.4, -0.2) is 23.6 Å². The van der Waals surface area contributed by atoms with Crippen LogP contribution in [0.3, 0.4) is 0 Å². The first-order valence-corrected chi connectivity index (χ1v) is 12.0. The van der Waals surface area contributed by atoms with Crippen molar-refractivity contribution in [3.63, 3.8) is 0 Å². The van der Waals surface area contributed by atoms with Crippen LogP contribution in [0.4, 0.5) is 0 Å². The molecule has 2 aromatic heterocycles. The SMILES string of the molecule is Cc1cc(S(=O)(=O)c2cn(C)c3ccccc23)cc2c3c(n(C)c12)CC1CCC3N1.Cl. The molecule has 7 heteroatoms. The first-order chi connectivity index (χ1) is 14.4. The van der Waals surface area contributed by atoms with E-state index in [1.165, 1.54) is 17.7 Å². The first-order valence-electron chi connectivity index (χ1n) is 10.5. The fraction of sp³-hybridized carbons (Fsp3) is 0.333. The molecule has 0 aliphatic carbocycles. The lowest BCUT2D eigenvalue weighted by Crippen LogP contribution is -2.32. The fourth-order valence-corrected chi connectivity index (χ4v) is 7.36. The summed E-state index contributed by atoms with van der Waals surface area (Å²) in [6.45, 7) is 2.03. The molecule has 0 amide bonds. The van der Waals surface area contributed by atoms with Gasteiger partial charge in [-0.25, -0.2) is 8.42 Å². The summed E-state index contributed by atoms with van der Waals surface area (Å²) in [5, 5.41) is 5.58. The Kier molecular flexibility index (Phi) is 4.56. The summed E-state index contributed by atoms with van der Waals surface area (Å²) in [6, 6.07) is 12.3. The molecule has 1 N–H and O–H groups in total. The Bertz CT molecular complexity index is 1470. The lowest BCUT2D eigenvalue weighted by Gasteiger charge is -2.23. The van der Waals surface area contributed by atoms with Gasteiger partial charge in [0.15, 0.2) is 0 Å². The average molecular weight is 456 g/mol. The van der Waals surface area contributed by atoms with E-state index in [0.29, 0.717) is 21.9 Å². The number of nitrogens with zero attached hydrogens (tertiary/aromatic N) is 2. The van der Waals surface area contributed by atoms with Crippen LogP contribution in [-0.2, 0) is 30.4 Å². The van der Waals surface area contributed by atoms with Crippen molar-refractivity contribution >= 4 is 44.1 Å². The van der Waals surface area contributed by atoms with Crippen molar-refractivity contribution in [3.05, 3.63) is 59.4 Å². The minimum Gasteiger partial charge on any atom is -0.349 e. The number of hydrogen-bond acceptors (Lipinski definition) is 3. The second-order valence-electron chi connectivity index (χ2n) is 8.88. The number of para-hydroxylation sites is 1. The molecule has 5 nitrogen and oxygen atoms in total. The Morgan fingerprint density at radius 2 is 1.84 bits per heavy atom. The van der Waals surface area contributed by atoms with Gasteiger partial charge in [0.2, 0.25) is 9.84 Å². The number of sulfone groups is 1. The summed E-state index contributed by atoms with van der Waals surface area (Å²) in [5.74, 6) is 0. The largest absolute Gasteiger partial charge is 0.349 e. The third-order valence-corrected chi connectivity index (χ3v) is 8.87. The van der Waals surface area contributed by atoms with Gasteiger partial charge in [0.25, 0.3) is 0 Å². The standard InChI is InChI=1S/C24H25N3O2S.ClH/c1-14-10-16(30(28,29)22-13-26(2)20-7-5-4-6-17(20)22)12-18-23-19-9-8-15(25-19)11-21(23)27(3)24(14)18;/h4-7,10,12-13,15,19,25H,8-9,11H2,1-3H3;1H. The Hall–Kier alpha value is -2.28. The molecule has 2 aromatic carbocycles. The molecule has 6 rings (SSSR count). The summed E-state index contributed by atoms with van der Waals surface area (Å²) in [5.41, 5.74) is 5.76. The molecule has 0 spiro atoms. The van der Waals surface area contributed by atoms with Crippen LogP contribution < -0.4 is 5.32 Å². The van der Waals surface area contributed by atoms with Gasteiger partial charge in [0, 0.05) is 60.8 Å². The van der Waals surface area contributed by atoms with Crippen LogP contribution in [0, 0.1) is 6.92 Å². The van der Waals surface area contributed by atoms with E-state index in [4.69, 9.17) is 0 Å². The van der Waals surface area contributed by atoms with Crippen LogP contribution in [0.25, 0.3) is 21.8 Å². The number of nitrogens with one attached hydrogen (secondary N) is 1. The maximum atomic E-state index is 13.8. The highest BCUT2D eigenvalue weighted by molar-refractivity contribution is 7.91. The molecule has 2 atom stereocenters. The quantitative estimate of drug-likeness (QED) is 0.481. The van der Waals surface area contributed by atoms with E-state index in [-0.39, 0.29) is 12.4 Å². The number of aromatic nitrogens is 2. The molecule has 1 saturated heterocycles. The molecule has 0 saturated carbocycles. The molecular formula is C24H26ClN3O2S. The molecule has 162 valence electrons. The van der Waals surface area contributed by atoms with Crippen LogP contribution in [0.15, 0.2) is 52.4 Å². The van der Waals surface area contributed by atoms with E-state index in [0.717, 1.165) is 40.2 Å². The van der Waals surface area contributed by atoms with Gasteiger partial charge >= 0.3 is 0 Å². The van der Waals surface area contributed by atoms with Crippen molar-refractivity contribution in [3.8, 4) is 0 Å². The number of hydrogen-bond donors (Lipinski definition) is 1. The van der Waals surface area contributed by atoms with E-state index in [1.807, 2.05) is 54.9 Å². The molecule has 2 aliphatic heterocycles.